The highest BCUT2D eigenvalue weighted by atomic mass is 16.6. The van der Waals surface area contributed by atoms with Gasteiger partial charge in [0.2, 0.25) is 0 Å². The van der Waals surface area contributed by atoms with Gasteiger partial charge in [0.25, 0.3) is 0 Å². The minimum atomic E-state index is 0.0647. The Bertz CT molecular complexity index is 207. The molecule has 1 unspecified atom stereocenters. The lowest BCUT2D eigenvalue weighted by molar-refractivity contribution is 0.0199. The summed E-state index contributed by atoms with van der Waals surface area (Å²) in [5, 5.41) is 8.61. The van der Waals surface area contributed by atoms with Gasteiger partial charge >= 0.3 is 0 Å². The van der Waals surface area contributed by atoms with Crippen LogP contribution < -0.4 is 0 Å². The van der Waals surface area contributed by atoms with E-state index in [1.165, 1.54) is 32.1 Å². The Hall–Kier alpha value is -0.540. The maximum atomic E-state index is 8.61. The topological polar surface area (TPSA) is 42.0 Å². The Balaban J connectivity index is 1.61. The standard InChI is InChI=1S/C11H18O3/c12-7-6-10-11(14-10)8-13-9-4-2-1-3-5-9/h6,9,11-12H,1-5,7-8H2. The molecule has 2 rings (SSSR count). The minimum Gasteiger partial charge on any atom is -0.481 e. The normalized spacial score (nSPS) is 30.4. The van der Waals surface area contributed by atoms with Gasteiger partial charge in [-0.05, 0) is 18.9 Å². The van der Waals surface area contributed by atoms with Gasteiger partial charge in [-0.1, -0.05) is 19.3 Å². The summed E-state index contributed by atoms with van der Waals surface area (Å²) < 4.78 is 11.0. The zero-order chi connectivity index (χ0) is 9.80. The molecular formula is C11H18O3. The van der Waals surface area contributed by atoms with Crippen molar-refractivity contribution in [2.24, 2.45) is 0 Å². The quantitative estimate of drug-likeness (QED) is 0.698. The van der Waals surface area contributed by atoms with E-state index in [-0.39, 0.29) is 12.7 Å². The van der Waals surface area contributed by atoms with Crippen LogP contribution in [0, 0.1) is 0 Å². The van der Waals surface area contributed by atoms with Crippen molar-refractivity contribution in [2.75, 3.05) is 13.2 Å². The molecule has 0 amide bonds. The third-order valence-corrected chi connectivity index (χ3v) is 2.87. The Labute approximate surface area is 84.7 Å². The average molecular weight is 198 g/mol. The molecular weight excluding hydrogens is 180 g/mol. The van der Waals surface area contributed by atoms with Crippen molar-refractivity contribution in [2.45, 2.75) is 44.3 Å². The van der Waals surface area contributed by atoms with Gasteiger partial charge in [0.1, 0.15) is 5.76 Å². The van der Waals surface area contributed by atoms with Crippen molar-refractivity contribution in [3.8, 4) is 0 Å². The average Bonchev–Trinajstić information content (AvgIpc) is 2.96. The second-order valence-electron chi connectivity index (χ2n) is 3.99. The molecule has 2 aliphatic rings. The van der Waals surface area contributed by atoms with Gasteiger partial charge in [-0.3, -0.25) is 0 Å². The molecule has 1 saturated carbocycles. The molecule has 14 heavy (non-hydrogen) atoms. The van der Waals surface area contributed by atoms with Crippen LogP contribution in [0.5, 0.6) is 0 Å². The van der Waals surface area contributed by atoms with Gasteiger partial charge in [-0.15, -0.1) is 0 Å². The lowest BCUT2D eigenvalue weighted by Gasteiger charge is -2.21. The molecule has 0 aromatic carbocycles. The van der Waals surface area contributed by atoms with E-state index in [4.69, 9.17) is 14.6 Å². The predicted octanol–water partition coefficient (Wildman–Crippen LogP) is 1.61. The summed E-state index contributed by atoms with van der Waals surface area (Å²) in [6, 6.07) is 0. The summed E-state index contributed by atoms with van der Waals surface area (Å²) in [7, 11) is 0. The van der Waals surface area contributed by atoms with Crippen LogP contribution in [0.25, 0.3) is 0 Å². The van der Waals surface area contributed by atoms with E-state index < -0.39 is 0 Å². The van der Waals surface area contributed by atoms with E-state index in [2.05, 4.69) is 0 Å². The Morgan fingerprint density at radius 1 is 1.36 bits per heavy atom. The van der Waals surface area contributed by atoms with E-state index in [1.807, 2.05) is 0 Å². The van der Waals surface area contributed by atoms with Gasteiger partial charge in [0.05, 0.1) is 19.3 Å². The smallest absolute Gasteiger partial charge is 0.178 e. The maximum absolute atomic E-state index is 8.61. The van der Waals surface area contributed by atoms with Crippen LogP contribution >= 0.6 is 0 Å². The molecule has 1 aliphatic heterocycles. The Morgan fingerprint density at radius 2 is 2.14 bits per heavy atom. The summed E-state index contributed by atoms with van der Waals surface area (Å²) in [6.07, 6.45) is 8.64. The molecule has 1 atom stereocenters. The summed E-state index contributed by atoms with van der Waals surface area (Å²) in [6.45, 7) is 0.728. The number of hydrogen-bond acceptors (Lipinski definition) is 3. The summed E-state index contributed by atoms with van der Waals surface area (Å²) >= 11 is 0. The van der Waals surface area contributed by atoms with Crippen LogP contribution in [-0.2, 0) is 9.47 Å². The van der Waals surface area contributed by atoms with Crippen LogP contribution in [0.4, 0.5) is 0 Å². The second-order valence-corrected chi connectivity index (χ2v) is 3.99. The molecule has 1 N–H and O–H groups in total. The predicted molar refractivity (Wildman–Crippen MR) is 52.9 cm³/mol. The van der Waals surface area contributed by atoms with Crippen molar-refractivity contribution < 1.29 is 14.6 Å². The maximum Gasteiger partial charge on any atom is 0.178 e. The number of aliphatic hydroxyl groups excluding tert-OH is 1. The molecule has 1 aliphatic carbocycles. The first-order valence-electron chi connectivity index (χ1n) is 5.49. The van der Waals surface area contributed by atoms with E-state index in [9.17, 15) is 0 Å². The number of epoxide rings is 1. The molecule has 0 aromatic heterocycles. The Morgan fingerprint density at radius 3 is 2.86 bits per heavy atom. The molecule has 0 bridgehead atoms. The number of hydrogen-bond donors (Lipinski definition) is 1. The molecule has 1 saturated heterocycles. The van der Waals surface area contributed by atoms with Crippen LogP contribution in [0.1, 0.15) is 32.1 Å². The highest BCUT2D eigenvalue weighted by Crippen LogP contribution is 2.28. The summed E-state index contributed by atoms with van der Waals surface area (Å²) in [5.74, 6) is 0.892. The highest BCUT2D eigenvalue weighted by molar-refractivity contribution is 5.13. The van der Waals surface area contributed by atoms with E-state index in [0.29, 0.717) is 12.7 Å². The SMILES string of the molecule is OCC=C1OC1COC1CCCCC1. The fourth-order valence-electron chi connectivity index (χ4n) is 1.97. The van der Waals surface area contributed by atoms with Gasteiger partial charge in [0, 0.05) is 0 Å². The van der Waals surface area contributed by atoms with Crippen LogP contribution in [0.2, 0.25) is 0 Å². The first-order valence-corrected chi connectivity index (χ1v) is 5.49. The van der Waals surface area contributed by atoms with Crippen LogP contribution in [-0.4, -0.2) is 30.5 Å². The van der Waals surface area contributed by atoms with Crippen molar-refractivity contribution in [3.05, 3.63) is 11.8 Å². The van der Waals surface area contributed by atoms with E-state index >= 15 is 0 Å². The van der Waals surface area contributed by atoms with Gasteiger partial charge in [-0.2, -0.15) is 0 Å². The zero-order valence-electron chi connectivity index (χ0n) is 8.45. The van der Waals surface area contributed by atoms with Crippen LogP contribution in [0.15, 0.2) is 11.8 Å². The van der Waals surface area contributed by atoms with E-state index in [0.717, 1.165) is 5.76 Å². The molecule has 80 valence electrons. The molecule has 2 fully saturated rings. The minimum absolute atomic E-state index is 0.0647. The Kier molecular flexibility index (Phi) is 3.43. The zero-order valence-corrected chi connectivity index (χ0v) is 8.45. The van der Waals surface area contributed by atoms with Gasteiger partial charge in [-0.25, -0.2) is 0 Å². The largest absolute Gasteiger partial charge is 0.481 e. The fraction of sp³-hybridized carbons (Fsp3) is 0.818. The van der Waals surface area contributed by atoms with Gasteiger partial charge < -0.3 is 14.6 Å². The van der Waals surface area contributed by atoms with Gasteiger partial charge in [0.15, 0.2) is 6.10 Å². The monoisotopic (exact) mass is 198 g/mol. The summed E-state index contributed by atoms with van der Waals surface area (Å²) in [4.78, 5) is 0. The van der Waals surface area contributed by atoms with Crippen molar-refractivity contribution in [1.82, 2.24) is 0 Å². The van der Waals surface area contributed by atoms with Crippen molar-refractivity contribution in [1.29, 1.82) is 0 Å². The molecule has 0 spiro atoms. The van der Waals surface area contributed by atoms with Crippen LogP contribution in [0.3, 0.4) is 0 Å². The molecule has 1 heterocycles. The lowest BCUT2D eigenvalue weighted by atomic mass is 9.98. The third kappa shape index (κ3) is 2.72. The second kappa shape index (κ2) is 4.80. The number of ether oxygens (including phenoxy) is 2. The molecule has 0 radical (unpaired) electrons. The molecule has 0 aromatic rings. The van der Waals surface area contributed by atoms with Crippen molar-refractivity contribution >= 4 is 0 Å². The first-order chi connectivity index (χ1) is 6.90. The first kappa shape index (κ1) is 9.99. The van der Waals surface area contributed by atoms with E-state index in [1.54, 1.807) is 6.08 Å². The molecule has 3 heteroatoms. The number of rotatable bonds is 4. The third-order valence-electron chi connectivity index (χ3n) is 2.87. The summed E-state index contributed by atoms with van der Waals surface area (Å²) in [5.41, 5.74) is 0. The highest BCUT2D eigenvalue weighted by Gasteiger charge is 2.33. The fourth-order valence-corrected chi connectivity index (χ4v) is 1.97. The number of aliphatic hydroxyl groups is 1. The molecule has 3 nitrogen and oxygen atoms in total. The lowest BCUT2D eigenvalue weighted by Crippen LogP contribution is -2.18. The van der Waals surface area contributed by atoms with Crippen molar-refractivity contribution in [3.63, 3.8) is 0 Å².